The van der Waals surface area contributed by atoms with Gasteiger partial charge in [0.1, 0.15) is 11.5 Å². The van der Waals surface area contributed by atoms with Crippen molar-refractivity contribution in [2.24, 2.45) is 0 Å². The summed E-state index contributed by atoms with van der Waals surface area (Å²) in [5.74, 6) is -0.934. The van der Waals surface area contributed by atoms with Crippen LogP contribution < -0.4 is 5.32 Å². The molecule has 0 saturated heterocycles. The van der Waals surface area contributed by atoms with Gasteiger partial charge < -0.3 is 10.1 Å². The Bertz CT molecular complexity index is 534. The van der Waals surface area contributed by atoms with Crippen molar-refractivity contribution in [3.05, 3.63) is 39.4 Å². The third-order valence-corrected chi connectivity index (χ3v) is 3.09. The standard InChI is InChI=1S/C12H11BrFIN2O2/c1-2-19-12(18)10(6-11(13)16)17-9-4-3-7(14)5-8(9)15/h3-6,16-17H,2H2,1H3/b10-6-,16-11?. The van der Waals surface area contributed by atoms with E-state index >= 15 is 0 Å². The molecule has 0 unspecified atom stereocenters. The first-order valence-corrected chi connectivity index (χ1v) is 7.16. The van der Waals surface area contributed by atoms with Gasteiger partial charge in [-0.3, -0.25) is 5.41 Å². The molecule has 0 saturated carbocycles. The second-order valence-electron chi connectivity index (χ2n) is 3.38. The molecule has 0 spiro atoms. The third-order valence-electron chi connectivity index (χ3n) is 1.97. The van der Waals surface area contributed by atoms with Crippen LogP contribution in [0.1, 0.15) is 6.92 Å². The van der Waals surface area contributed by atoms with Gasteiger partial charge in [-0.25, -0.2) is 9.18 Å². The minimum absolute atomic E-state index is 0.0279. The number of esters is 1. The minimum atomic E-state index is -0.577. The molecule has 7 heteroatoms. The summed E-state index contributed by atoms with van der Waals surface area (Å²) >= 11 is 4.89. The van der Waals surface area contributed by atoms with Crippen LogP contribution in [0.3, 0.4) is 0 Å². The van der Waals surface area contributed by atoms with E-state index in [1.54, 1.807) is 6.92 Å². The Morgan fingerprint density at radius 2 is 2.32 bits per heavy atom. The highest BCUT2D eigenvalue weighted by Gasteiger charge is 2.13. The topological polar surface area (TPSA) is 62.2 Å². The molecule has 102 valence electrons. The summed E-state index contributed by atoms with van der Waals surface area (Å²) in [7, 11) is 0. The maximum Gasteiger partial charge on any atom is 0.354 e. The molecule has 1 aromatic carbocycles. The van der Waals surface area contributed by atoms with E-state index < -0.39 is 5.97 Å². The summed E-state index contributed by atoms with van der Waals surface area (Å²) in [6, 6.07) is 4.14. The number of ether oxygens (including phenoxy) is 1. The van der Waals surface area contributed by atoms with Gasteiger partial charge in [0.05, 0.1) is 16.9 Å². The molecular weight excluding hydrogens is 430 g/mol. The number of carbonyl (C=O) groups excluding carboxylic acids is 1. The maximum atomic E-state index is 13.0. The number of rotatable bonds is 5. The van der Waals surface area contributed by atoms with Crippen LogP contribution in [0.2, 0.25) is 0 Å². The van der Waals surface area contributed by atoms with E-state index in [1.807, 2.05) is 22.6 Å². The van der Waals surface area contributed by atoms with Crippen LogP contribution >= 0.6 is 38.5 Å². The summed E-state index contributed by atoms with van der Waals surface area (Å²) in [6.45, 7) is 1.92. The lowest BCUT2D eigenvalue weighted by atomic mass is 10.3. The lowest BCUT2D eigenvalue weighted by Crippen LogP contribution is -2.16. The Morgan fingerprint density at radius 3 is 2.84 bits per heavy atom. The first-order chi connectivity index (χ1) is 8.93. The number of nitrogens with one attached hydrogen (secondary N) is 2. The number of benzene rings is 1. The number of allylic oxidation sites excluding steroid dienone is 1. The molecule has 0 radical (unpaired) electrons. The molecule has 0 aliphatic heterocycles. The fourth-order valence-electron chi connectivity index (χ4n) is 1.22. The average molecular weight is 441 g/mol. The number of hydrogen-bond donors (Lipinski definition) is 2. The highest BCUT2D eigenvalue weighted by atomic mass is 127. The molecule has 0 heterocycles. The van der Waals surface area contributed by atoms with Gasteiger partial charge in [0.15, 0.2) is 0 Å². The van der Waals surface area contributed by atoms with Crippen molar-refractivity contribution in [3.63, 3.8) is 0 Å². The Hall–Kier alpha value is -0.960. The van der Waals surface area contributed by atoms with E-state index in [0.717, 1.165) is 0 Å². The van der Waals surface area contributed by atoms with Gasteiger partial charge in [-0.2, -0.15) is 0 Å². The molecule has 0 aromatic heterocycles. The highest BCUT2D eigenvalue weighted by molar-refractivity contribution is 14.1. The van der Waals surface area contributed by atoms with Gasteiger partial charge in [0, 0.05) is 9.65 Å². The van der Waals surface area contributed by atoms with Crippen LogP contribution in [0.15, 0.2) is 30.0 Å². The zero-order valence-corrected chi connectivity index (χ0v) is 13.7. The summed E-state index contributed by atoms with van der Waals surface area (Å²) in [5, 5.41) is 10.2. The average Bonchev–Trinajstić information content (AvgIpc) is 2.31. The molecule has 1 aromatic rings. The Morgan fingerprint density at radius 1 is 1.63 bits per heavy atom. The highest BCUT2D eigenvalue weighted by Crippen LogP contribution is 2.21. The summed E-state index contributed by atoms with van der Waals surface area (Å²) in [5.41, 5.74) is 0.670. The van der Waals surface area contributed by atoms with Crippen molar-refractivity contribution >= 4 is 54.8 Å². The molecule has 0 aliphatic carbocycles. The van der Waals surface area contributed by atoms with Gasteiger partial charge in [0.2, 0.25) is 0 Å². The predicted octanol–water partition coefficient (Wildman–Crippen LogP) is 3.66. The zero-order valence-electron chi connectivity index (χ0n) is 9.97. The SMILES string of the molecule is CCOC(=O)/C(=C/C(=N)Br)Nc1ccc(F)cc1I. The molecular formula is C12H11BrFIN2O2. The fraction of sp³-hybridized carbons (Fsp3) is 0.167. The van der Waals surface area contributed by atoms with Gasteiger partial charge >= 0.3 is 5.97 Å². The first kappa shape index (κ1) is 16.1. The lowest BCUT2D eigenvalue weighted by molar-refractivity contribution is -0.138. The number of anilines is 1. The maximum absolute atomic E-state index is 13.0. The van der Waals surface area contributed by atoms with Gasteiger partial charge in [-0.15, -0.1) is 0 Å². The molecule has 0 amide bonds. The smallest absolute Gasteiger partial charge is 0.354 e. The second-order valence-corrected chi connectivity index (χ2v) is 5.39. The molecule has 0 atom stereocenters. The van der Waals surface area contributed by atoms with Crippen molar-refractivity contribution in [3.8, 4) is 0 Å². The molecule has 4 nitrogen and oxygen atoms in total. The summed E-state index contributed by atoms with van der Waals surface area (Å²) in [4.78, 5) is 11.7. The van der Waals surface area contributed by atoms with E-state index in [-0.39, 0.29) is 22.7 Å². The van der Waals surface area contributed by atoms with Crippen molar-refractivity contribution in [2.75, 3.05) is 11.9 Å². The van der Waals surface area contributed by atoms with Crippen LogP contribution in [-0.4, -0.2) is 17.2 Å². The predicted molar refractivity (Wildman–Crippen MR) is 84.1 cm³/mol. The van der Waals surface area contributed by atoms with Crippen LogP contribution in [0.4, 0.5) is 10.1 Å². The third kappa shape index (κ3) is 5.27. The lowest BCUT2D eigenvalue weighted by Gasteiger charge is -2.11. The van der Waals surface area contributed by atoms with Gasteiger partial charge in [0.25, 0.3) is 0 Å². The molecule has 1 rings (SSSR count). The summed E-state index contributed by atoms with van der Waals surface area (Å²) in [6.07, 6.45) is 1.29. The Labute approximate surface area is 132 Å². The molecule has 0 aliphatic rings. The van der Waals surface area contributed by atoms with E-state index in [1.165, 1.54) is 24.3 Å². The van der Waals surface area contributed by atoms with Gasteiger partial charge in [-0.05, 0) is 63.6 Å². The zero-order chi connectivity index (χ0) is 14.4. The molecule has 0 bridgehead atoms. The van der Waals surface area contributed by atoms with E-state index in [4.69, 9.17) is 10.1 Å². The fourth-order valence-corrected chi connectivity index (χ4v) is 2.06. The minimum Gasteiger partial charge on any atom is -0.461 e. The summed E-state index contributed by atoms with van der Waals surface area (Å²) < 4.78 is 18.5. The monoisotopic (exact) mass is 440 g/mol. The van der Waals surface area contributed by atoms with Crippen molar-refractivity contribution in [1.82, 2.24) is 0 Å². The van der Waals surface area contributed by atoms with Crippen LogP contribution in [0.25, 0.3) is 0 Å². The Balaban J connectivity index is 3.01. The normalized spacial score (nSPS) is 11.1. The quantitative estimate of drug-likeness (QED) is 0.318. The second kappa shape index (κ2) is 7.59. The van der Waals surface area contributed by atoms with Crippen LogP contribution in [0, 0.1) is 14.8 Å². The van der Waals surface area contributed by atoms with E-state index in [2.05, 4.69) is 21.2 Å². The van der Waals surface area contributed by atoms with Crippen LogP contribution in [0.5, 0.6) is 0 Å². The number of halogens is 3. The van der Waals surface area contributed by atoms with Gasteiger partial charge in [-0.1, -0.05) is 0 Å². The molecule has 2 N–H and O–H groups in total. The Kier molecular flexibility index (Phi) is 6.43. The largest absolute Gasteiger partial charge is 0.461 e. The van der Waals surface area contributed by atoms with E-state index in [9.17, 15) is 9.18 Å². The van der Waals surface area contributed by atoms with E-state index in [0.29, 0.717) is 9.26 Å². The number of carbonyl (C=O) groups is 1. The van der Waals surface area contributed by atoms with Crippen molar-refractivity contribution in [1.29, 1.82) is 5.41 Å². The van der Waals surface area contributed by atoms with Crippen molar-refractivity contribution in [2.45, 2.75) is 6.92 Å². The molecule has 0 fully saturated rings. The molecule has 19 heavy (non-hydrogen) atoms. The first-order valence-electron chi connectivity index (χ1n) is 5.29. The van der Waals surface area contributed by atoms with Crippen molar-refractivity contribution < 1.29 is 13.9 Å². The number of hydrogen-bond acceptors (Lipinski definition) is 4. The van der Waals surface area contributed by atoms with Crippen LogP contribution in [-0.2, 0) is 9.53 Å².